The van der Waals surface area contributed by atoms with E-state index < -0.39 is 0 Å². The van der Waals surface area contributed by atoms with E-state index in [1.54, 1.807) is 20.2 Å². The predicted octanol–water partition coefficient (Wildman–Crippen LogP) is 3.74. The maximum Gasteiger partial charge on any atom is 0.191 e. The number of benzene rings is 1. The Kier molecular flexibility index (Phi) is 10.4. The largest absolute Gasteiger partial charge is 0.377 e. The lowest BCUT2D eigenvalue weighted by atomic mass is 10.1. The molecule has 0 atom stereocenters. The minimum Gasteiger partial charge on any atom is -0.377 e. The van der Waals surface area contributed by atoms with Crippen molar-refractivity contribution >= 4 is 53.1 Å². The summed E-state index contributed by atoms with van der Waals surface area (Å²) in [5.41, 5.74) is 0.852. The van der Waals surface area contributed by atoms with Crippen molar-refractivity contribution in [1.29, 1.82) is 0 Å². The summed E-state index contributed by atoms with van der Waals surface area (Å²) in [6, 6.07) is 5.56. The quantitative estimate of drug-likeness (QED) is 0.387. The maximum absolute atomic E-state index is 5.98. The molecule has 1 aromatic rings. The molecule has 7 heteroatoms. The fourth-order valence-corrected chi connectivity index (χ4v) is 2.24. The monoisotopic (exact) mass is 459 g/mol. The molecule has 0 saturated carbocycles. The highest BCUT2D eigenvalue weighted by Crippen LogP contribution is 2.19. The van der Waals surface area contributed by atoms with Crippen molar-refractivity contribution in [2.75, 3.05) is 27.2 Å². The van der Waals surface area contributed by atoms with Gasteiger partial charge in [0.05, 0.1) is 5.60 Å². The van der Waals surface area contributed by atoms with Gasteiger partial charge in [0, 0.05) is 37.3 Å². The van der Waals surface area contributed by atoms with Gasteiger partial charge in [0.25, 0.3) is 0 Å². The summed E-state index contributed by atoms with van der Waals surface area (Å²) in [4.78, 5) is 4.18. The van der Waals surface area contributed by atoms with Crippen LogP contribution in [0.15, 0.2) is 23.2 Å². The number of nitrogens with zero attached hydrogens (tertiary/aromatic N) is 1. The van der Waals surface area contributed by atoms with E-state index in [1.165, 1.54) is 0 Å². The van der Waals surface area contributed by atoms with Gasteiger partial charge in [-0.25, -0.2) is 0 Å². The summed E-state index contributed by atoms with van der Waals surface area (Å²) in [6.45, 7) is 5.44. The van der Waals surface area contributed by atoms with Gasteiger partial charge in [0.15, 0.2) is 5.96 Å². The van der Waals surface area contributed by atoms with Gasteiger partial charge in [-0.15, -0.1) is 24.0 Å². The SMILES string of the molecule is CN=C(NCCc1cc(Cl)cc(Cl)c1)NCC(C)(C)OC.I. The number of guanidine groups is 1. The number of halogens is 3. The number of ether oxygens (including phenoxy) is 1. The predicted molar refractivity (Wildman–Crippen MR) is 106 cm³/mol. The fraction of sp³-hybridized carbons (Fsp3) is 0.533. The first-order valence-electron chi connectivity index (χ1n) is 6.81. The third kappa shape index (κ3) is 8.41. The molecule has 0 bridgehead atoms. The third-order valence-corrected chi connectivity index (χ3v) is 3.52. The van der Waals surface area contributed by atoms with Crippen molar-refractivity contribution in [1.82, 2.24) is 10.6 Å². The van der Waals surface area contributed by atoms with Crippen LogP contribution in [-0.2, 0) is 11.2 Å². The van der Waals surface area contributed by atoms with E-state index in [4.69, 9.17) is 27.9 Å². The Hall–Kier alpha value is -0.240. The van der Waals surface area contributed by atoms with E-state index in [9.17, 15) is 0 Å². The molecule has 0 aliphatic carbocycles. The molecule has 126 valence electrons. The number of hydrogen-bond acceptors (Lipinski definition) is 2. The van der Waals surface area contributed by atoms with Crippen molar-refractivity contribution in [3.63, 3.8) is 0 Å². The molecule has 4 nitrogen and oxygen atoms in total. The second kappa shape index (κ2) is 10.5. The van der Waals surface area contributed by atoms with Crippen LogP contribution in [0.4, 0.5) is 0 Å². The van der Waals surface area contributed by atoms with Crippen LogP contribution in [0.25, 0.3) is 0 Å². The number of nitrogens with one attached hydrogen (secondary N) is 2. The van der Waals surface area contributed by atoms with Gasteiger partial charge in [0.2, 0.25) is 0 Å². The first-order chi connectivity index (χ1) is 9.86. The fourth-order valence-electron chi connectivity index (χ4n) is 1.67. The minimum atomic E-state index is -0.238. The Morgan fingerprint density at radius 2 is 1.77 bits per heavy atom. The van der Waals surface area contributed by atoms with Crippen LogP contribution in [0.2, 0.25) is 10.0 Å². The normalized spacial score (nSPS) is 11.8. The van der Waals surface area contributed by atoms with Gasteiger partial charge in [-0.2, -0.15) is 0 Å². The number of rotatable bonds is 6. The Morgan fingerprint density at radius 1 is 1.18 bits per heavy atom. The van der Waals surface area contributed by atoms with E-state index in [0.717, 1.165) is 24.5 Å². The number of hydrogen-bond donors (Lipinski definition) is 2. The van der Waals surface area contributed by atoms with Gasteiger partial charge in [-0.3, -0.25) is 4.99 Å². The van der Waals surface area contributed by atoms with E-state index in [0.29, 0.717) is 16.6 Å². The zero-order valence-electron chi connectivity index (χ0n) is 13.4. The lowest BCUT2D eigenvalue weighted by Gasteiger charge is -2.24. The highest BCUT2D eigenvalue weighted by atomic mass is 127. The molecule has 0 aliphatic rings. The lowest BCUT2D eigenvalue weighted by molar-refractivity contribution is 0.0268. The summed E-state index contributed by atoms with van der Waals surface area (Å²) in [5.74, 6) is 0.744. The lowest BCUT2D eigenvalue weighted by Crippen LogP contribution is -2.45. The van der Waals surface area contributed by atoms with Gasteiger partial charge >= 0.3 is 0 Å². The average Bonchev–Trinajstić information content (AvgIpc) is 2.41. The summed E-state index contributed by atoms with van der Waals surface area (Å²) in [6.07, 6.45) is 0.814. The molecule has 0 unspecified atom stereocenters. The van der Waals surface area contributed by atoms with Crippen LogP contribution in [0.1, 0.15) is 19.4 Å². The zero-order chi connectivity index (χ0) is 15.9. The van der Waals surface area contributed by atoms with Crippen LogP contribution in [0, 0.1) is 0 Å². The smallest absolute Gasteiger partial charge is 0.191 e. The molecule has 1 aromatic carbocycles. The molecular weight excluding hydrogens is 436 g/mol. The standard InChI is InChI=1S/C15H23Cl2N3O.HI/c1-15(2,21-4)10-20-14(18-3)19-6-5-11-7-12(16)9-13(17)8-11;/h7-9H,5-6,10H2,1-4H3,(H2,18,19,20);1H. The van der Waals surface area contributed by atoms with Crippen LogP contribution in [0.3, 0.4) is 0 Å². The molecule has 0 spiro atoms. The molecule has 0 aromatic heterocycles. The van der Waals surface area contributed by atoms with Crippen LogP contribution in [0.5, 0.6) is 0 Å². The van der Waals surface area contributed by atoms with Crippen molar-refractivity contribution in [2.24, 2.45) is 4.99 Å². The van der Waals surface area contributed by atoms with Crippen molar-refractivity contribution < 1.29 is 4.74 Å². The summed E-state index contributed by atoms with van der Waals surface area (Å²) in [5, 5.41) is 7.79. The Bertz CT molecular complexity index is 475. The second-order valence-corrected chi connectivity index (χ2v) is 6.22. The van der Waals surface area contributed by atoms with Gasteiger partial charge in [-0.1, -0.05) is 23.2 Å². The Labute approximate surface area is 160 Å². The first kappa shape index (κ1) is 21.8. The third-order valence-electron chi connectivity index (χ3n) is 3.09. The van der Waals surface area contributed by atoms with Crippen molar-refractivity contribution in [3.05, 3.63) is 33.8 Å². The summed E-state index contributed by atoms with van der Waals surface area (Å²) < 4.78 is 5.36. The van der Waals surface area contributed by atoms with Crippen LogP contribution in [-0.4, -0.2) is 38.8 Å². The van der Waals surface area contributed by atoms with E-state index in [2.05, 4.69) is 15.6 Å². The summed E-state index contributed by atoms with van der Waals surface area (Å²) in [7, 11) is 3.44. The Morgan fingerprint density at radius 3 is 2.27 bits per heavy atom. The van der Waals surface area contributed by atoms with Gasteiger partial charge in [-0.05, 0) is 44.0 Å². The highest BCUT2D eigenvalue weighted by Gasteiger charge is 2.16. The topological polar surface area (TPSA) is 45.7 Å². The minimum absolute atomic E-state index is 0. The van der Waals surface area contributed by atoms with Gasteiger partial charge in [0.1, 0.15) is 0 Å². The van der Waals surface area contributed by atoms with Crippen molar-refractivity contribution in [2.45, 2.75) is 25.9 Å². The first-order valence-corrected chi connectivity index (χ1v) is 7.56. The maximum atomic E-state index is 5.98. The highest BCUT2D eigenvalue weighted by molar-refractivity contribution is 14.0. The number of methoxy groups -OCH3 is 1. The molecular formula is C15H24Cl2IN3O. The molecule has 2 N–H and O–H groups in total. The molecule has 0 saturated heterocycles. The van der Waals surface area contributed by atoms with Gasteiger partial charge < -0.3 is 15.4 Å². The molecule has 22 heavy (non-hydrogen) atoms. The average molecular weight is 460 g/mol. The summed E-state index contributed by atoms with van der Waals surface area (Å²) >= 11 is 12.0. The molecule has 0 heterocycles. The zero-order valence-corrected chi connectivity index (χ0v) is 17.2. The van der Waals surface area contributed by atoms with Crippen molar-refractivity contribution in [3.8, 4) is 0 Å². The number of aliphatic imine (C=N–C) groups is 1. The molecule has 0 aliphatic heterocycles. The molecule has 0 amide bonds. The molecule has 1 rings (SSSR count). The van der Waals surface area contributed by atoms with Crippen LogP contribution >= 0.6 is 47.2 Å². The molecule has 0 fully saturated rings. The van der Waals surface area contributed by atoms with Crippen LogP contribution < -0.4 is 10.6 Å². The second-order valence-electron chi connectivity index (χ2n) is 5.34. The van der Waals surface area contributed by atoms with E-state index >= 15 is 0 Å². The van der Waals surface area contributed by atoms with E-state index in [-0.39, 0.29) is 29.6 Å². The van der Waals surface area contributed by atoms with E-state index in [1.807, 2.05) is 26.0 Å². The molecule has 0 radical (unpaired) electrons. The Balaban J connectivity index is 0.00000441.